The van der Waals surface area contributed by atoms with Gasteiger partial charge in [-0.2, -0.15) is 5.10 Å². The van der Waals surface area contributed by atoms with Crippen LogP contribution in [0.4, 0.5) is 0 Å². The van der Waals surface area contributed by atoms with E-state index in [-0.39, 0.29) is 0 Å². The maximum Gasteiger partial charge on any atom is 0.0710 e. The molecule has 0 fully saturated rings. The molecule has 3 aromatic rings. The van der Waals surface area contributed by atoms with Crippen LogP contribution in [-0.4, -0.2) is 10.2 Å². The van der Waals surface area contributed by atoms with Gasteiger partial charge in [0.1, 0.15) is 0 Å². The van der Waals surface area contributed by atoms with Crippen LogP contribution in [0, 0.1) is 0 Å². The van der Waals surface area contributed by atoms with Crippen LogP contribution < -0.4 is 5.32 Å². The minimum Gasteiger partial charge on any atom is -0.308 e. The first kappa shape index (κ1) is 15.1. The number of rotatable bonds is 5. The van der Waals surface area contributed by atoms with Gasteiger partial charge in [0.2, 0.25) is 0 Å². The van der Waals surface area contributed by atoms with Gasteiger partial charge >= 0.3 is 0 Å². The Morgan fingerprint density at radius 3 is 2.59 bits per heavy atom. The molecule has 0 aliphatic carbocycles. The van der Waals surface area contributed by atoms with E-state index in [1.807, 2.05) is 36.5 Å². The molecular formula is C17H15Cl2N3. The number of H-pyrrole nitrogens is 1. The van der Waals surface area contributed by atoms with Gasteiger partial charge in [0.05, 0.1) is 16.9 Å². The highest BCUT2D eigenvalue weighted by molar-refractivity contribution is 6.36. The minimum atomic E-state index is 0.612. The molecule has 0 atom stereocenters. The molecule has 1 heterocycles. The Bertz CT molecular complexity index is 754. The molecule has 3 rings (SSSR count). The average Bonchev–Trinajstić information content (AvgIpc) is 2.97. The van der Waals surface area contributed by atoms with Gasteiger partial charge in [-0.05, 0) is 23.8 Å². The summed E-state index contributed by atoms with van der Waals surface area (Å²) >= 11 is 12.2. The number of nitrogens with zero attached hydrogens (tertiary/aromatic N) is 1. The second-order valence-electron chi connectivity index (χ2n) is 4.98. The molecule has 0 unspecified atom stereocenters. The molecule has 5 heteroatoms. The van der Waals surface area contributed by atoms with Crippen LogP contribution in [0.25, 0.3) is 11.3 Å². The molecule has 0 radical (unpaired) electrons. The summed E-state index contributed by atoms with van der Waals surface area (Å²) in [6.07, 6.45) is 1.82. The van der Waals surface area contributed by atoms with Crippen LogP contribution in [0.1, 0.15) is 11.1 Å². The fraction of sp³-hybridized carbons (Fsp3) is 0.118. The van der Waals surface area contributed by atoms with Crippen molar-refractivity contribution in [3.05, 3.63) is 75.9 Å². The smallest absolute Gasteiger partial charge is 0.0710 e. The first-order valence-corrected chi connectivity index (χ1v) is 7.72. The summed E-state index contributed by atoms with van der Waals surface area (Å²) in [7, 11) is 0. The number of hydrogen-bond donors (Lipinski definition) is 2. The van der Waals surface area contributed by atoms with Gasteiger partial charge in [-0.25, -0.2) is 0 Å². The highest BCUT2D eigenvalue weighted by Gasteiger charge is 2.11. The van der Waals surface area contributed by atoms with E-state index in [0.717, 1.165) is 23.4 Å². The van der Waals surface area contributed by atoms with Gasteiger partial charge in [0, 0.05) is 29.2 Å². The molecule has 0 spiro atoms. The lowest BCUT2D eigenvalue weighted by molar-refractivity contribution is 0.694. The van der Waals surface area contributed by atoms with Crippen molar-refractivity contribution < 1.29 is 0 Å². The van der Waals surface area contributed by atoms with Gasteiger partial charge in [0.25, 0.3) is 0 Å². The molecule has 0 bridgehead atoms. The second kappa shape index (κ2) is 6.97. The molecule has 0 saturated heterocycles. The van der Waals surface area contributed by atoms with Crippen molar-refractivity contribution in [1.82, 2.24) is 15.5 Å². The summed E-state index contributed by atoms with van der Waals surface area (Å²) < 4.78 is 0. The lowest BCUT2D eigenvalue weighted by Gasteiger charge is -2.07. The summed E-state index contributed by atoms with van der Waals surface area (Å²) in [5, 5.41) is 11.8. The number of benzene rings is 2. The van der Waals surface area contributed by atoms with Crippen molar-refractivity contribution >= 4 is 23.2 Å². The number of hydrogen-bond acceptors (Lipinski definition) is 2. The van der Waals surface area contributed by atoms with Gasteiger partial charge in [-0.3, -0.25) is 5.10 Å². The van der Waals surface area contributed by atoms with Crippen molar-refractivity contribution in [3.8, 4) is 11.3 Å². The van der Waals surface area contributed by atoms with E-state index < -0.39 is 0 Å². The third-order valence-corrected chi connectivity index (χ3v) is 3.95. The molecule has 0 saturated carbocycles. The SMILES string of the molecule is Clc1ccc(-c2[nH]ncc2CNCc2ccccc2)c(Cl)c1. The molecular weight excluding hydrogens is 317 g/mol. The van der Waals surface area contributed by atoms with E-state index in [2.05, 4.69) is 27.6 Å². The van der Waals surface area contributed by atoms with E-state index in [1.54, 1.807) is 6.07 Å². The fourth-order valence-corrected chi connectivity index (χ4v) is 2.81. The molecule has 2 aromatic carbocycles. The van der Waals surface area contributed by atoms with Crippen LogP contribution in [-0.2, 0) is 13.1 Å². The second-order valence-corrected chi connectivity index (χ2v) is 5.83. The van der Waals surface area contributed by atoms with Crippen LogP contribution in [0.2, 0.25) is 10.0 Å². The highest BCUT2D eigenvalue weighted by Crippen LogP contribution is 2.30. The molecule has 112 valence electrons. The van der Waals surface area contributed by atoms with E-state index in [4.69, 9.17) is 23.2 Å². The lowest BCUT2D eigenvalue weighted by atomic mass is 10.1. The summed E-state index contributed by atoms with van der Waals surface area (Å²) in [4.78, 5) is 0. The molecule has 1 aromatic heterocycles. The number of aromatic nitrogens is 2. The maximum atomic E-state index is 6.27. The summed E-state index contributed by atoms with van der Waals surface area (Å²) in [6, 6.07) is 15.7. The predicted molar refractivity (Wildman–Crippen MR) is 91.0 cm³/mol. The van der Waals surface area contributed by atoms with E-state index >= 15 is 0 Å². The maximum absolute atomic E-state index is 6.27. The van der Waals surface area contributed by atoms with Crippen LogP contribution in [0.5, 0.6) is 0 Å². The Hall–Kier alpha value is -1.81. The topological polar surface area (TPSA) is 40.7 Å². The van der Waals surface area contributed by atoms with E-state index in [1.165, 1.54) is 5.56 Å². The quantitative estimate of drug-likeness (QED) is 0.713. The van der Waals surface area contributed by atoms with E-state index in [0.29, 0.717) is 16.6 Å². The number of aromatic amines is 1. The highest BCUT2D eigenvalue weighted by atomic mass is 35.5. The van der Waals surface area contributed by atoms with E-state index in [9.17, 15) is 0 Å². The van der Waals surface area contributed by atoms with Crippen molar-refractivity contribution in [1.29, 1.82) is 0 Å². The number of nitrogens with one attached hydrogen (secondary N) is 2. The Morgan fingerprint density at radius 1 is 1.00 bits per heavy atom. The zero-order valence-electron chi connectivity index (χ0n) is 11.8. The zero-order valence-corrected chi connectivity index (χ0v) is 13.3. The monoisotopic (exact) mass is 331 g/mol. The predicted octanol–water partition coefficient (Wildman–Crippen LogP) is 4.67. The van der Waals surface area contributed by atoms with Crippen molar-refractivity contribution in [3.63, 3.8) is 0 Å². The third-order valence-electron chi connectivity index (χ3n) is 3.41. The van der Waals surface area contributed by atoms with Crippen molar-refractivity contribution in [2.75, 3.05) is 0 Å². The van der Waals surface area contributed by atoms with Crippen molar-refractivity contribution in [2.24, 2.45) is 0 Å². The first-order valence-electron chi connectivity index (χ1n) is 6.96. The van der Waals surface area contributed by atoms with Crippen LogP contribution in [0.15, 0.2) is 54.7 Å². The van der Waals surface area contributed by atoms with Crippen LogP contribution in [0.3, 0.4) is 0 Å². The summed E-state index contributed by atoms with van der Waals surface area (Å²) in [5.74, 6) is 0. The average molecular weight is 332 g/mol. The summed E-state index contributed by atoms with van der Waals surface area (Å²) in [6.45, 7) is 1.51. The molecule has 3 nitrogen and oxygen atoms in total. The largest absolute Gasteiger partial charge is 0.308 e. The Labute approximate surface area is 139 Å². The molecule has 2 N–H and O–H groups in total. The molecule has 0 amide bonds. The Morgan fingerprint density at radius 2 is 1.82 bits per heavy atom. The molecule has 22 heavy (non-hydrogen) atoms. The standard InChI is InChI=1S/C17H15Cl2N3/c18-14-6-7-15(16(19)8-14)17-13(11-21-22-17)10-20-9-12-4-2-1-3-5-12/h1-8,11,20H,9-10H2,(H,21,22). The Balaban J connectivity index is 1.72. The Kier molecular flexibility index (Phi) is 4.78. The fourth-order valence-electron chi connectivity index (χ4n) is 2.31. The van der Waals surface area contributed by atoms with Gasteiger partial charge in [-0.1, -0.05) is 53.5 Å². The van der Waals surface area contributed by atoms with Crippen molar-refractivity contribution in [2.45, 2.75) is 13.1 Å². The molecule has 0 aliphatic rings. The summed E-state index contributed by atoms with van der Waals surface area (Å²) in [5.41, 5.74) is 4.14. The first-order chi connectivity index (χ1) is 10.7. The molecule has 0 aliphatic heterocycles. The van der Waals surface area contributed by atoms with Gasteiger partial charge in [0.15, 0.2) is 0 Å². The minimum absolute atomic E-state index is 0.612. The van der Waals surface area contributed by atoms with Crippen LogP contribution >= 0.6 is 23.2 Å². The third kappa shape index (κ3) is 3.50. The zero-order chi connectivity index (χ0) is 15.4. The number of halogens is 2. The lowest BCUT2D eigenvalue weighted by Crippen LogP contribution is -2.12. The van der Waals surface area contributed by atoms with Gasteiger partial charge in [-0.15, -0.1) is 0 Å². The van der Waals surface area contributed by atoms with Gasteiger partial charge < -0.3 is 5.32 Å². The normalized spacial score (nSPS) is 10.8.